The third kappa shape index (κ3) is 9.30. The van der Waals surface area contributed by atoms with Crippen molar-refractivity contribution in [3.63, 3.8) is 0 Å². The molecule has 24 heavy (non-hydrogen) atoms. The minimum absolute atomic E-state index is 0.0315. The maximum atomic E-state index is 12.2. The van der Waals surface area contributed by atoms with Crippen molar-refractivity contribution < 1.29 is 14.3 Å². The van der Waals surface area contributed by atoms with E-state index in [1.54, 1.807) is 32.9 Å². The molecule has 0 radical (unpaired) electrons. The highest BCUT2D eigenvalue weighted by Crippen LogP contribution is 2.06. The number of carbonyl (C=O) groups excluding carboxylic acids is 2. The van der Waals surface area contributed by atoms with Gasteiger partial charge in [0.1, 0.15) is 17.2 Å². The van der Waals surface area contributed by atoms with Crippen LogP contribution < -0.4 is 10.6 Å². The Hall–Kier alpha value is -2.75. The van der Waals surface area contributed by atoms with Crippen LogP contribution in [0.25, 0.3) is 0 Å². The summed E-state index contributed by atoms with van der Waals surface area (Å²) < 4.78 is 5.08. The number of nitriles is 1. The highest BCUT2D eigenvalue weighted by atomic mass is 16.6. The number of nitrogens with zero attached hydrogens (tertiary/aromatic N) is 2. The van der Waals surface area contributed by atoms with Gasteiger partial charge in [0.15, 0.2) is 0 Å². The maximum absolute atomic E-state index is 12.2. The first-order valence-electron chi connectivity index (χ1n) is 7.56. The zero-order valence-corrected chi connectivity index (χ0v) is 14.6. The SMILES string of the molecule is C=CCN(CC=C)C(=O)/C(C#N)=C\NCCNC(=O)OC(C)(C)C. The third-order valence-corrected chi connectivity index (χ3v) is 2.52. The lowest BCUT2D eigenvalue weighted by Gasteiger charge is -2.19. The molecule has 0 aromatic rings. The smallest absolute Gasteiger partial charge is 0.407 e. The van der Waals surface area contributed by atoms with Crippen molar-refractivity contribution in [2.75, 3.05) is 26.2 Å². The van der Waals surface area contributed by atoms with Crippen molar-refractivity contribution in [1.82, 2.24) is 15.5 Å². The molecule has 0 aliphatic carbocycles. The minimum atomic E-state index is -0.558. The van der Waals surface area contributed by atoms with E-state index in [2.05, 4.69) is 23.8 Å². The molecule has 0 heterocycles. The Balaban J connectivity index is 4.42. The van der Waals surface area contributed by atoms with E-state index < -0.39 is 17.6 Å². The van der Waals surface area contributed by atoms with E-state index in [9.17, 15) is 9.59 Å². The van der Waals surface area contributed by atoms with Gasteiger partial charge in [-0.05, 0) is 20.8 Å². The van der Waals surface area contributed by atoms with Crippen LogP contribution in [0.2, 0.25) is 0 Å². The molecule has 0 spiro atoms. The van der Waals surface area contributed by atoms with Crippen LogP contribution >= 0.6 is 0 Å². The van der Waals surface area contributed by atoms with Crippen LogP contribution in [0, 0.1) is 11.3 Å². The second kappa shape index (κ2) is 10.9. The second-order valence-corrected chi connectivity index (χ2v) is 5.84. The molecule has 0 aromatic carbocycles. The third-order valence-electron chi connectivity index (χ3n) is 2.52. The Labute approximate surface area is 143 Å². The van der Waals surface area contributed by atoms with E-state index in [0.29, 0.717) is 26.2 Å². The molecular formula is C17H26N4O3. The molecule has 0 bridgehead atoms. The fraction of sp³-hybridized carbons (Fsp3) is 0.471. The van der Waals surface area contributed by atoms with Gasteiger partial charge >= 0.3 is 6.09 Å². The van der Waals surface area contributed by atoms with Gasteiger partial charge in [0.05, 0.1) is 0 Å². The summed E-state index contributed by atoms with van der Waals surface area (Å²) in [5, 5.41) is 14.5. The monoisotopic (exact) mass is 334 g/mol. The van der Waals surface area contributed by atoms with Gasteiger partial charge in [-0.2, -0.15) is 5.26 Å². The van der Waals surface area contributed by atoms with Gasteiger partial charge in [-0.1, -0.05) is 12.2 Å². The van der Waals surface area contributed by atoms with Crippen LogP contribution in [0.5, 0.6) is 0 Å². The lowest BCUT2D eigenvalue weighted by molar-refractivity contribution is -0.125. The molecule has 7 nitrogen and oxygen atoms in total. The Bertz CT molecular complexity index is 517. The molecule has 0 fully saturated rings. The first-order valence-corrected chi connectivity index (χ1v) is 7.56. The molecule has 0 rings (SSSR count). The van der Waals surface area contributed by atoms with Crippen LogP contribution in [0.3, 0.4) is 0 Å². The largest absolute Gasteiger partial charge is 0.444 e. The fourth-order valence-corrected chi connectivity index (χ4v) is 1.59. The highest BCUT2D eigenvalue weighted by Gasteiger charge is 2.16. The molecule has 0 aliphatic rings. The zero-order chi connectivity index (χ0) is 18.6. The topological polar surface area (TPSA) is 94.5 Å². The lowest BCUT2D eigenvalue weighted by atomic mass is 10.2. The van der Waals surface area contributed by atoms with Crippen LogP contribution in [0.4, 0.5) is 4.79 Å². The first kappa shape index (κ1) is 21.2. The van der Waals surface area contributed by atoms with Gasteiger partial charge in [0.25, 0.3) is 5.91 Å². The predicted octanol–water partition coefficient (Wildman–Crippen LogP) is 1.71. The van der Waals surface area contributed by atoms with Crippen molar-refractivity contribution in [3.8, 4) is 6.07 Å². The van der Waals surface area contributed by atoms with Gasteiger partial charge < -0.3 is 20.3 Å². The average molecular weight is 334 g/mol. The normalized spacial score (nSPS) is 11.0. The lowest BCUT2D eigenvalue weighted by Crippen LogP contribution is -2.36. The Morgan fingerprint density at radius 3 is 2.25 bits per heavy atom. The van der Waals surface area contributed by atoms with Crippen molar-refractivity contribution in [3.05, 3.63) is 37.1 Å². The molecule has 0 atom stereocenters. The summed E-state index contributed by atoms with van der Waals surface area (Å²) in [6.45, 7) is 13.8. The molecule has 0 aliphatic heterocycles. The number of carbonyl (C=O) groups is 2. The van der Waals surface area contributed by atoms with E-state index in [-0.39, 0.29) is 5.57 Å². The van der Waals surface area contributed by atoms with Crippen LogP contribution in [-0.2, 0) is 9.53 Å². The number of alkyl carbamates (subject to hydrolysis) is 1. The minimum Gasteiger partial charge on any atom is -0.444 e. The summed E-state index contributed by atoms with van der Waals surface area (Å²) in [5.41, 5.74) is -0.589. The van der Waals surface area contributed by atoms with E-state index in [4.69, 9.17) is 10.00 Å². The van der Waals surface area contributed by atoms with Crippen LogP contribution in [0.15, 0.2) is 37.1 Å². The second-order valence-electron chi connectivity index (χ2n) is 5.84. The van der Waals surface area contributed by atoms with Crippen molar-refractivity contribution in [1.29, 1.82) is 5.26 Å². The molecule has 2 N–H and O–H groups in total. The van der Waals surface area contributed by atoms with Crippen molar-refractivity contribution in [2.45, 2.75) is 26.4 Å². The summed E-state index contributed by atoms with van der Waals surface area (Å²) in [5.74, 6) is -0.412. The van der Waals surface area contributed by atoms with E-state index in [1.165, 1.54) is 11.1 Å². The van der Waals surface area contributed by atoms with Crippen molar-refractivity contribution in [2.24, 2.45) is 0 Å². The number of nitrogens with one attached hydrogen (secondary N) is 2. The average Bonchev–Trinajstić information content (AvgIpc) is 2.48. The predicted molar refractivity (Wildman–Crippen MR) is 92.9 cm³/mol. The standard InChI is InChI=1S/C17H26N4O3/c1-6-10-21(11-7-2)15(22)14(12-18)13-19-8-9-20-16(23)24-17(3,4)5/h6-7,13,19H,1-2,8-11H2,3-5H3,(H,20,23)/b14-13-. The van der Waals surface area contributed by atoms with Crippen molar-refractivity contribution >= 4 is 12.0 Å². The number of hydrogen-bond acceptors (Lipinski definition) is 5. The van der Waals surface area contributed by atoms with E-state index in [0.717, 1.165) is 0 Å². The Kier molecular flexibility index (Phi) is 9.64. The number of amides is 2. The molecule has 0 saturated heterocycles. The van der Waals surface area contributed by atoms with Crippen LogP contribution in [0.1, 0.15) is 20.8 Å². The molecule has 0 aromatic heterocycles. The summed E-state index contributed by atoms with van der Waals surface area (Å²) >= 11 is 0. The Morgan fingerprint density at radius 2 is 1.79 bits per heavy atom. The first-order chi connectivity index (χ1) is 11.2. The van der Waals surface area contributed by atoms with Gasteiger partial charge in [0.2, 0.25) is 0 Å². The zero-order valence-electron chi connectivity index (χ0n) is 14.6. The van der Waals surface area contributed by atoms with Crippen LogP contribution in [-0.4, -0.2) is 48.7 Å². The van der Waals surface area contributed by atoms with E-state index in [1.807, 2.05) is 6.07 Å². The summed E-state index contributed by atoms with van der Waals surface area (Å²) in [6, 6.07) is 1.86. The Morgan fingerprint density at radius 1 is 1.21 bits per heavy atom. The summed E-state index contributed by atoms with van der Waals surface area (Å²) in [6.07, 6.45) is 3.97. The molecule has 7 heteroatoms. The summed E-state index contributed by atoms with van der Waals surface area (Å²) in [4.78, 5) is 25.1. The summed E-state index contributed by atoms with van der Waals surface area (Å²) in [7, 11) is 0. The van der Waals surface area contributed by atoms with Gasteiger partial charge in [-0.25, -0.2) is 4.79 Å². The number of hydrogen-bond donors (Lipinski definition) is 2. The molecular weight excluding hydrogens is 308 g/mol. The molecule has 0 saturated carbocycles. The molecule has 0 unspecified atom stereocenters. The van der Waals surface area contributed by atoms with Gasteiger partial charge in [-0.15, -0.1) is 13.2 Å². The quantitative estimate of drug-likeness (QED) is 0.290. The number of rotatable bonds is 9. The van der Waals surface area contributed by atoms with E-state index >= 15 is 0 Å². The fourth-order valence-electron chi connectivity index (χ4n) is 1.59. The maximum Gasteiger partial charge on any atom is 0.407 e. The van der Waals surface area contributed by atoms with Gasteiger partial charge in [-0.3, -0.25) is 4.79 Å². The number of ether oxygens (including phenoxy) is 1. The van der Waals surface area contributed by atoms with Gasteiger partial charge in [0, 0.05) is 32.4 Å². The highest BCUT2D eigenvalue weighted by molar-refractivity contribution is 5.97. The molecule has 2 amide bonds. The molecule has 132 valence electrons.